The molecule has 0 atom stereocenters. The van der Waals surface area contributed by atoms with Gasteiger partial charge in [0.2, 0.25) is 0 Å². The molecular weight excluding hydrogens is 341 g/mol. The van der Waals surface area contributed by atoms with Gasteiger partial charge < -0.3 is 10.4 Å². The highest BCUT2D eigenvalue weighted by Crippen LogP contribution is 2.48. The smallest absolute Gasteiger partial charge is 0.251 e. The predicted octanol–water partition coefficient (Wildman–Crippen LogP) is 3.31. The van der Waals surface area contributed by atoms with Crippen LogP contribution in [0, 0.1) is 8.99 Å². The van der Waals surface area contributed by atoms with Crippen molar-refractivity contribution in [1.82, 2.24) is 5.32 Å². The number of phenolic OH excluding ortho intramolecular Hbond substituents is 1. The summed E-state index contributed by atoms with van der Waals surface area (Å²) in [6.45, 7) is 2.94. The number of hydrogen-bond donors (Lipinski definition) is 2. The highest BCUT2D eigenvalue weighted by molar-refractivity contribution is 14.1. The van der Waals surface area contributed by atoms with E-state index in [1.165, 1.54) is 31.7 Å². The van der Waals surface area contributed by atoms with Crippen molar-refractivity contribution in [1.29, 1.82) is 0 Å². The van der Waals surface area contributed by atoms with Crippen LogP contribution in [0.2, 0.25) is 0 Å². The average molecular weight is 359 g/mol. The summed E-state index contributed by atoms with van der Waals surface area (Å²) >= 11 is 2.04. The van der Waals surface area contributed by atoms with Crippen LogP contribution in [-0.4, -0.2) is 17.6 Å². The summed E-state index contributed by atoms with van der Waals surface area (Å²) in [5.74, 6) is 0.0713. The largest absolute Gasteiger partial charge is 0.507 e. The van der Waals surface area contributed by atoms with E-state index < -0.39 is 0 Å². The van der Waals surface area contributed by atoms with E-state index in [1.807, 2.05) is 22.6 Å². The average Bonchev–Trinajstić information content (AvgIpc) is 3.11. The van der Waals surface area contributed by atoms with Crippen molar-refractivity contribution in [3.63, 3.8) is 0 Å². The van der Waals surface area contributed by atoms with Gasteiger partial charge in [0.05, 0.1) is 3.57 Å². The zero-order chi connectivity index (χ0) is 13.2. The number of benzene rings is 1. The van der Waals surface area contributed by atoms with E-state index in [1.54, 1.807) is 12.1 Å². The molecule has 0 aliphatic heterocycles. The lowest BCUT2D eigenvalue weighted by Gasteiger charge is -2.15. The van der Waals surface area contributed by atoms with Gasteiger partial charge in [-0.25, -0.2) is 0 Å². The Kier molecular flexibility index (Phi) is 4.14. The Morgan fingerprint density at radius 3 is 2.78 bits per heavy atom. The van der Waals surface area contributed by atoms with E-state index in [9.17, 15) is 9.90 Å². The molecule has 1 fully saturated rings. The number of phenols is 1. The molecule has 0 heterocycles. The van der Waals surface area contributed by atoms with Crippen molar-refractivity contribution in [2.75, 3.05) is 6.54 Å². The monoisotopic (exact) mass is 359 g/mol. The maximum absolute atomic E-state index is 12.0. The molecule has 2 rings (SSSR count). The Labute approximate surface area is 121 Å². The van der Waals surface area contributed by atoms with Crippen molar-refractivity contribution in [2.24, 2.45) is 5.41 Å². The van der Waals surface area contributed by atoms with Gasteiger partial charge in [0.1, 0.15) is 5.75 Å². The van der Waals surface area contributed by atoms with Gasteiger partial charge in [-0.2, -0.15) is 0 Å². The van der Waals surface area contributed by atoms with Crippen molar-refractivity contribution < 1.29 is 9.90 Å². The number of hydrogen-bond acceptors (Lipinski definition) is 2. The predicted molar refractivity (Wildman–Crippen MR) is 79.7 cm³/mol. The van der Waals surface area contributed by atoms with Gasteiger partial charge in [0, 0.05) is 12.1 Å². The molecule has 0 radical (unpaired) electrons. The summed E-state index contributed by atoms with van der Waals surface area (Å²) in [4.78, 5) is 12.0. The van der Waals surface area contributed by atoms with E-state index in [4.69, 9.17) is 0 Å². The maximum Gasteiger partial charge on any atom is 0.251 e. The first-order chi connectivity index (χ1) is 8.56. The molecule has 98 valence electrons. The van der Waals surface area contributed by atoms with Crippen molar-refractivity contribution >= 4 is 28.5 Å². The molecule has 0 spiro atoms. The first-order valence-corrected chi connectivity index (χ1v) is 7.41. The topological polar surface area (TPSA) is 49.3 Å². The molecule has 0 unspecified atom stereocenters. The molecule has 1 aliphatic carbocycles. The SMILES string of the molecule is CCCC1(CNC(=O)c2ccc(I)c(O)c2)CC1. The molecule has 1 aromatic carbocycles. The molecule has 18 heavy (non-hydrogen) atoms. The quantitative estimate of drug-likeness (QED) is 0.793. The van der Waals surface area contributed by atoms with Gasteiger partial charge in [-0.05, 0) is 65.5 Å². The van der Waals surface area contributed by atoms with Gasteiger partial charge in [-0.1, -0.05) is 13.3 Å². The summed E-state index contributed by atoms with van der Waals surface area (Å²) < 4.78 is 0.758. The van der Waals surface area contributed by atoms with Crippen LogP contribution in [0.15, 0.2) is 18.2 Å². The Hall–Kier alpha value is -0.780. The molecule has 2 N–H and O–H groups in total. The third-order valence-corrected chi connectivity index (χ3v) is 4.48. The van der Waals surface area contributed by atoms with E-state index >= 15 is 0 Å². The van der Waals surface area contributed by atoms with E-state index in [2.05, 4.69) is 12.2 Å². The van der Waals surface area contributed by atoms with Gasteiger partial charge in [-0.15, -0.1) is 0 Å². The summed E-state index contributed by atoms with van der Waals surface area (Å²) in [6, 6.07) is 5.02. The molecule has 1 aromatic rings. The molecular formula is C14H18INO2. The molecule has 1 saturated carbocycles. The number of aromatic hydroxyl groups is 1. The summed E-state index contributed by atoms with van der Waals surface area (Å²) in [7, 11) is 0. The second-order valence-corrected chi connectivity index (χ2v) is 6.26. The minimum Gasteiger partial charge on any atom is -0.507 e. The van der Waals surface area contributed by atoms with Crippen LogP contribution in [0.25, 0.3) is 0 Å². The minimum atomic E-state index is -0.0934. The van der Waals surface area contributed by atoms with Crippen LogP contribution in [0.3, 0.4) is 0 Å². The second-order valence-electron chi connectivity index (χ2n) is 5.10. The number of carbonyl (C=O) groups excluding carboxylic acids is 1. The Morgan fingerprint density at radius 1 is 1.50 bits per heavy atom. The van der Waals surface area contributed by atoms with E-state index in [-0.39, 0.29) is 11.7 Å². The van der Waals surface area contributed by atoms with Crippen molar-refractivity contribution in [2.45, 2.75) is 32.6 Å². The maximum atomic E-state index is 12.0. The molecule has 0 saturated heterocycles. The molecule has 0 bridgehead atoms. The summed E-state index contributed by atoms with van der Waals surface area (Å²) in [5.41, 5.74) is 0.885. The van der Waals surface area contributed by atoms with E-state index in [0.717, 1.165) is 10.1 Å². The van der Waals surface area contributed by atoms with Gasteiger partial charge in [0.15, 0.2) is 0 Å². The van der Waals surface area contributed by atoms with Crippen LogP contribution in [0.4, 0.5) is 0 Å². The second kappa shape index (κ2) is 5.47. The Morgan fingerprint density at radius 2 is 2.22 bits per heavy atom. The Bertz CT molecular complexity index is 455. The molecule has 0 aromatic heterocycles. The molecule has 1 amide bonds. The first-order valence-electron chi connectivity index (χ1n) is 6.33. The highest BCUT2D eigenvalue weighted by Gasteiger charge is 2.41. The van der Waals surface area contributed by atoms with Crippen LogP contribution in [0.1, 0.15) is 43.0 Å². The van der Waals surface area contributed by atoms with Crippen LogP contribution >= 0.6 is 22.6 Å². The first kappa shape index (κ1) is 13.6. The fourth-order valence-electron chi connectivity index (χ4n) is 2.25. The molecule has 4 heteroatoms. The van der Waals surface area contributed by atoms with Gasteiger partial charge in [0.25, 0.3) is 5.91 Å². The number of rotatable bonds is 5. The zero-order valence-corrected chi connectivity index (χ0v) is 12.7. The lowest BCUT2D eigenvalue weighted by atomic mass is 10.0. The number of nitrogens with one attached hydrogen (secondary N) is 1. The minimum absolute atomic E-state index is 0.0934. The van der Waals surface area contributed by atoms with Crippen molar-refractivity contribution in [3.05, 3.63) is 27.3 Å². The fraction of sp³-hybridized carbons (Fsp3) is 0.500. The number of carbonyl (C=O) groups is 1. The third kappa shape index (κ3) is 3.16. The van der Waals surface area contributed by atoms with Gasteiger partial charge in [-0.3, -0.25) is 4.79 Å². The lowest BCUT2D eigenvalue weighted by Crippen LogP contribution is -2.30. The third-order valence-electron chi connectivity index (χ3n) is 3.57. The van der Waals surface area contributed by atoms with Crippen LogP contribution in [-0.2, 0) is 0 Å². The summed E-state index contributed by atoms with van der Waals surface area (Å²) in [5, 5.41) is 12.6. The number of amides is 1. The van der Waals surface area contributed by atoms with Gasteiger partial charge >= 0.3 is 0 Å². The Balaban J connectivity index is 1.93. The summed E-state index contributed by atoms with van der Waals surface area (Å²) in [6.07, 6.45) is 4.80. The fourth-order valence-corrected chi connectivity index (χ4v) is 2.58. The normalized spacial score (nSPS) is 16.3. The molecule has 3 nitrogen and oxygen atoms in total. The van der Waals surface area contributed by atoms with Crippen molar-refractivity contribution in [3.8, 4) is 5.75 Å². The lowest BCUT2D eigenvalue weighted by molar-refractivity contribution is 0.0943. The molecule has 1 aliphatic rings. The highest BCUT2D eigenvalue weighted by atomic mass is 127. The van der Waals surface area contributed by atoms with E-state index in [0.29, 0.717) is 11.0 Å². The van der Waals surface area contributed by atoms with Crippen LogP contribution < -0.4 is 5.32 Å². The zero-order valence-electron chi connectivity index (χ0n) is 10.5. The number of halogens is 1. The van der Waals surface area contributed by atoms with Crippen LogP contribution in [0.5, 0.6) is 5.75 Å². The standard InChI is InChI=1S/C14H18INO2/c1-2-5-14(6-7-14)9-16-13(18)10-3-4-11(15)12(17)8-10/h3-4,8,17H,2,5-7,9H2,1H3,(H,16,18).